The Labute approximate surface area is 176 Å². The van der Waals surface area contributed by atoms with Crippen LogP contribution in [0.3, 0.4) is 0 Å². The van der Waals surface area contributed by atoms with Crippen molar-refractivity contribution in [3.05, 3.63) is 48.3 Å². The number of ether oxygens (including phenoxy) is 2. The first kappa shape index (κ1) is 21.5. The van der Waals surface area contributed by atoms with Crippen LogP contribution >= 0.6 is 0 Å². The van der Waals surface area contributed by atoms with E-state index in [1.54, 1.807) is 32.5 Å². The van der Waals surface area contributed by atoms with E-state index >= 15 is 0 Å². The van der Waals surface area contributed by atoms with Crippen LogP contribution in [0.15, 0.2) is 42.7 Å². The fourth-order valence-corrected chi connectivity index (χ4v) is 3.36. The van der Waals surface area contributed by atoms with Gasteiger partial charge < -0.3 is 19.7 Å². The van der Waals surface area contributed by atoms with E-state index in [4.69, 9.17) is 9.47 Å². The summed E-state index contributed by atoms with van der Waals surface area (Å²) in [5.41, 5.74) is 1.09. The molecular weight excluding hydrogens is 384 g/mol. The number of nitrogens with one attached hydrogen (secondary N) is 1. The van der Waals surface area contributed by atoms with Gasteiger partial charge in [-0.05, 0) is 49.9 Å². The van der Waals surface area contributed by atoms with Gasteiger partial charge in [-0.1, -0.05) is 12.1 Å². The molecule has 0 bridgehead atoms. The molecule has 0 aliphatic carbocycles. The number of nitrogens with zero attached hydrogens (tertiary/aromatic N) is 3. The lowest BCUT2D eigenvalue weighted by molar-refractivity contribution is -0.159. The van der Waals surface area contributed by atoms with Gasteiger partial charge in [0.25, 0.3) is 5.91 Å². The molecule has 1 aliphatic heterocycles. The van der Waals surface area contributed by atoms with Crippen molar-refractivity contribution in [1.82, 2.24) is 15.3 Å². The zero-order chi connectivity index (χ0) is 21.3. The Bertz CT molecular complexity index is 821. The van der Waals surface area contributed by atoms with Crippen molar-refractivity contribution in [1.29, 1.82) is 0 Å². The molecule has 1 aromatic heterocycles. The highest BCUT2D eigenvalue weighted by atomic mass is 16.5. The van der Waals surface area contributed by atoms with Crippen molar-refractivity contribution in [3.8, 4) is 5.75 Å². The minimum absolute atomic E-state index is 0.209. The lowest BCUT2D eigenvalue weighted by Crippen LogP contribution is -2.41. The van der Waals surface area contributed by atoms with Crippen LogP contribution in [0.2, 0.25) is 0 Å². The molecule has 160 valence electrons. The van der Waals surface area contributed by atoms with Crippen LogP contribution in [-0.4, -0.2) is 54.7 Å². The van der Waals surface area contributed by atoms with E-state index in [0.717, 1.165) is 11.3 Å². The van der Waals surface area contributed by atoms with Gasteiger partial charge in [-0.2, -0.15) is 0 Å². The normalized spacial score (nSPS) is 15.3. The van der Waals surface area contributed by atoms with Crippen LogP contribution in [-0.2, 0) is 20.7 Å². The maximum Gasteiger partial charge on any atom is 0.309 e. The largest absolute Gasteiger partial charge is 0.497 e. The van der Waals surface area contributed by atoms with Crippen molar-refractivity contribution in [2.45, 2.75) is 32.3 Å². The second-order valence-electron chi connectivity index (χ2n) is 7.28. The number of methoxy groups -OCH3 is 1. The van der Waals surface area contributed by atoms with Crippen molar-refractivity contribution in [2.24, 2.45) is 5.92 Å². The molecule has 2 aromatic rings. The van der Waals surface area contributed by atoms with Gasteiger partial charge in [0.1, 0.15) is 5.75 Å². The molecule has 1 amide bonds. The molecule has 1 saturated heterocycles. The number of aromatic nitrogens is 2. The Hall–Kier alpha value is -3.16. The summed E-state index contributed by atoms with van der Waals surface area (Å²) in [7, 11) is 1.62. The number of piperidine rings is 1. The van der Waals surface area contributed by atoms with Gasteiger partial charge in [-0.3, -0.25) is 9.59 Å². The fourth-order valence-electron chi connectivity index (χ4n) is 3.36. The van der Waals surface area contributed by atoms with Gasteiger partial charge in [-0.25, -0.2) is 9.97 Å². The minimum Gasteiger partial charge on any atom is -0.497 e. The summed E-state index contributed by atoms with van der Waals surface area (Å²) in [6.07, 6.45) is 4.60. The second kappa shape index (κ2) is 10.6. The summed E-state index contributed by atoms with van der Waals surface area (Å²) in [5, 5.41) is 2.82. The van der Waals surface area contributed by atoms with Gasteiger partial charge >= 0.3 is 5.97 Å². The monoisotopic (exact) mass is 412 g/mol. The van der Waals surface area contributed by atoms with Crippen molar-refractivity contribution < 1.29 is 19.1 Å². The SMILES string of the molecule is COc1ccc(CCNC(=O)C(C)OC(=O)C2CCN(c3ncccn3)CC2)cc1. The Morgan fingerprint density at radius 3 is 2.47 bits per heavy atom. The average molecular weight is 412 g/mol. The number of carbonyl (C=O) groups excluding carboxylic acids is 2. The maximum atomic E-state index is 12.4. The van der Waals surface area contributed by atoms with Crippen LogP contribution < -0.4 is 15.0 Å². The number of carbonyl (C=O) groups is 2. The Balaban J connectivity index is 1.37. The molecule has 2 heterocycles. The van der Waals surface area contributed by atoms with E-state index < -0.39 is 6.10 Å². The first-order valence-electron chi connectivity index (χ1n) is 10.2. The van der Waals surface area contributed by atoms with E-state index in [2.05, 4.69) is 20.2 Å². The standard InChI is InChI=1S/C22H28N4O4/c1-16(20(27)23-13-8-17-4-6-19(29-2)7-5-17)30-21(28)18-9-14-26(15-10-18)22-24-11-3-12-25-22/h3-7,11-12,16,18H,8-10,13-15H2,1-2H3,(H,23,27). The summed E-state index contributed by atoms with van der Waals surface area (Å²) >= 11 is 0. The van der Waals surface area contributed by atoms with E-state index in [1.165, 1.54) is 0 Å². The van der Waals surface area contributed by atoms with Crippen molar-refractivity contribution in [3.63, 3.8) is 0 Å². The third-order valence-electron chi connectivity index (χ3n) is 5.20. The van der Waals surface area contributed by atoms with Crippen LogP contribution in [0.25, 0.3) is 0 Å². The summed E-state index contributed by atoms with van der Waals surface area (Å²) in [6, 6.07) is 9.47. The molecule has 0 spiro atoms. The topological polar surface area (TPSA) is 93.6 Å². The van der Waals surface area contributed by atoms with Gasteiger partial charge in [0, 0.05) is 32.0 Å². The number of esters is 1. The van der Waals surface area contributed by atoms with Crippen LogP contribution in [0.5, 0.6) is 5.75 Å². The van der Waals surface area contributed by atoms with Crippen molar-refractivity contribution in [2.75, 3.05) is 31.6 Å². The predicted molar refractivity (Wildman–Crippen MR) is 112 cm³/mol. The zero-order valence-corrected chi connectivity index (χ0v) is 17.4. The van der Waals surface area contributed by atoms with E-state index in [9.17, 15) is 9.59 Å². The number of hydrogen-bond donors (Lipinski definition) is 1. The number of benzene rings is 1. The Morgan fingerprint density at radius 2 is 1.83 bits per heavy atom. The van der Waals surface area contributed by atoms with E-state index in [0.29, 0.717) is 44.8 Å². The summed E-state index contributed by atoms with van der Waals surface area (Å²) in [6.45, 7) is 3.45. The van der Waals surface area contributed by atoms with Crippen LogP contribution in [0, 0.1) is 5.92 Å². The highest BCUT2D eigenvalue weighted by Crippen LogP contribution is 2.22. The lowest BCUT2D eigenvalue weighted by atomic mass is 9.97. The van der Waals surface area contributed by atoms with Crippen molar-refractivity contribution >= 4 is 17.8 Å². The van der Waals surface area contributed by atoms with Gasteiger partial charge in [0.15, 0.2) is 6.10 Å². The number of anilines is 1. The molecule has 3 rings (SSSR count). The molecule has 1 aromatic carbocycles. The quantitative estimate of drug-likeness (QED) is 0.663. The number of hydrogen-bond acceptors (Lipinski definition) is 7. The fraction of sp³-hybridized carbons (Fsp3) is 0.455. The molecule has 8 nitrogen and oxygen atoms in total. The molecule has 1 N–H and O–H groups in total. The lowest BCUT2D eigenvalue weighted by Gasteiger charge is -2.31. The summed E-state index contributed by atoms with van der Waals surface area (Å²) in [5.74, 6) is 0.660. The Kier molecular flexibility index (Phi) is 7.59. The first-order chi connectivity index (χ1) is 14.6. The third kappa shape index (κ3) is 5.92. The molecule has 1 fully saturated rings. The van der Waals surface area contributed by atoms with E-state index in [-0.39, 0.29) is 17.8 Å². The number of amides is 1. The molecule has 1 aliphatic rings. The van der Waals surface area contributed by atoms with Gasteiger partial charge in [0.2, 0.25) is 5.95 Å². The molecular formula is C22H28N4O4. The third-order valence-corrected chi connectivity index (χ3v) is 5.20. The zero-order valence-electron chi connectivity index (χ0n) is 17.4. The van der Waals surface area contributed by atoms with Crippen LogP contribution in [0.1, 0.15) is 25.3 Å². The Morgan fingerprint density at radius 1 is 1.17 bits per heavy atom. The molecule has 0 saturated carbocycles. The molecule has 30 heavy (non-hydrogen) atoms. The molecule has 1 unspecified atom stereocenters. The average Bonchev–Trinajstić information content (AvgIpc) is 2.80. The molecule has 8 heteroatoms. The summed E-state index contributed by atoms with van der Waals surface area (Å²) in [4.78, 5) is 35.2. The van der Waals surface area contributed by atoms with Gasteiger partial charge in [0.05, 0.1) is 13.0 Å². The smallest absolute Gasteiger partial charge is 0.309 e. The first-order valence-corrected chi connectivity index (χ1v) is 10.2. The predicted octanol–water partition coefficient (Wildman–Crippen LogP) is 1.99. The minimum atomic E-state index is -0.816. The highest BCUT2D eigenvalue weighted by Gasteiger charge is 2.29. The summed E-state index contributed by atoms with van der Waals surface area (Å²) < 4.78 is 10.5. The van der Waals surface area contributed by atoms with Crippen LogP contribution in [0.4, 0.5) is 5.95 Å². The number of rotatable bonds is 8. The maximum absolute atomic E-state index is 12.4. The second-order valence-corrected chi connectivity index (χ2v) is 7.28. The molecule has 1 atom stereocenters. The van der Waals surface area contributed by atoms with E-state index in [1.807, 2.05) is 24.3 Å². The molecule has 0 radical (unpaired) electrons. The highest BCUT2D eigenvalue weighted by molar-refractivity contribution is 5.84. The van der Waals surface area contributed by atoms with Gasteiger partial charge in [-0.15, -0.1) is 0 Å².